The number of Topliss-reactive ketones (excluding diaryl/α,β-unsaturated/α-hetero) is 1. The van der Waals surface area contributed by atoms with E-state index in [1.54, 1.807) is 18.2 Å². The monoisotopic (exact) mass is 518 g/mol. The number of aliphatic carboxylic acids is 1. The number of benzene rings is 3. The van der Waals surface area contributed by atoms with Crippen molar-refractivity contribution in [3.8, 4) is 11.1 Å². The number of rotatable bonds is 11. The van der Waals surface area contributed by atoms with Crippen molar-refractivity contribution in [2.45, 2.75) is 12.8 Å². The molecule has 1 unspecified atom stereocenters. The van der Waals surface area contributed by atoms with Gasteiger partial charge in [-0.1, -0.05) is 47.7 Å². The van der Waals surface area contributed by atoms with Crippen LogP contribution >= 0.6 is 11.3 Å². The van der Waals surface area contributed by atoms with Gasteiger partial charge in [-0.2, -0.15) is 0 Å². The van der Waals surface area contributed by atoms with Gasteiger partial charge in [0.05, 0.1) is 21.1 Å². The number of carbonyl (C=O) groups excluding carboxylic acids is 1. The van der Waals surface area contributed by atoms with Crippen molar-refractivity contribution in [2.75, 3.05) is 26.0 Å². The number of hydrogen-bond donors (Lipinski definition) is 2. The number of anilines is 2. The van der Waals surface area contributed by atoms with Crippen LogP contribution in [-0.2, 0) is 4.79 Å². The predicted octanol–water partition coefficient (Wildman–Crippen LogP) is 5.84. The van der Waals surface area contributed by atoms with Crippen LogP contribution in [0.5, 0.6) is 0 Å². The van der Waals surface area contributed by atoms with Crippen molar-refractivity contribution >= 4 is 49.8 Å². The highest BCUT2D eigenvalue weighted by Crippen LogP contribution is 2.31. The Morgan fingerprint density at radius 1 is 1.05 bits per heavy atom. The molecule has 1 heterocycles. The number of aromatic nitrogens is 1. The lowest BCUT2D eigenvalue weighted by Crippen LogP contribution is -2.23. The molecule has 0 aliphatic heterocycles. The van der Waals surface area contributed by atoms with Gasteiger partial charge in [-0.25, -0.2) is 4.98 Å². The van der Waals surface area contributed by atoms with E-state index in [0.717, 1.165) is 21.5 Å². The number of thiazole rings is 1. The molecule has 4 rings (SSSR count). The van der Waals surface area contributed by atoms with E-state index >= 15 is 0 Å². The Labute approximate surface area is 217 Å². The first kappa shape index (κ1) is 25.9. The molecule has 0 bridgehead atoms. The number of non-ortho nitro benzene ring substituents is 1. The number of fused-ring (bicyclic) bond motifs is 1. The van der Waals surface area contributed by atoms with E-state index in [9.17, 15) is 24.8 Å². The molecule has 0 spiro atoms. The zero-order valence-corrected chi connectivity index (χ0v) is 21.2. The van der Waals surface area contributed by atoms with Gasteiger partial charge in [0, 0.05) is 29.8 Å². The van der Waals surface area contributed by atoms with Crippen LogP contribution in [0.2, 0.25) is 0 Å². The fourth-order valence-corrected chi connectivity index (χ4v) is 4.79. The average molecular weight is 519 g/mol. The van der Waals surface area contributed by atoms with Crippen LogP contribution in [0.1, 0.15) is 23.2 Å². The highest BCUT2D eigenvalue weighted by atomic mass is 32.1. The van der Waals surface area contributed by atoms with Gasteiger partial charge >= 0.3 is 5.97 Å². The Balaban J connectivity index is 1.40. The van der Waals surface area contributed by atoms with E-state index in [-0.39, 0.29) is 17.9 Å². The molecule has 0 radical (unpaired) electrons. The zero-order valence-electron chi connectivity index (χ0n) is 20.4. The van der Waals surface area contributed by atoms with E-state index in [0.29, 0.717) is 29.2 Å². The number of nitrogens with one attached hydrogen (secondary N) is 1. The molecule has 0 aliphatic rings. The second kappa shape index (κ2) is 11.3. The molecule has 3 aromatic carbocycles. The molecular weight excluding hydrogens is 492 g/mol. The number of hydrogen-bond acceptors (Lipinski definition) is 8. The predicted molar refractivity (Wildman–Crippen MR) is 145 cm³/mol. The number of carboxylic acids is 1. The molecule has 0 fully saturated rings. The number of carboxylic acid groups (broad SMARTS) is 1. The highest BCUT2D eigenvalue weighted by molar-refractivity contribution is 7.22. The van der Waals surface area contributed by atoms with Crippen molar-refractivity contribution in [2.24, 2.45) is 5.92 Å². The van der Waals surface area contributed by atoms with E-state index < -0.39 is 16.8 Å². The summed E-state index contributed by atoms with van der Waals surface area (Å²) in [6, 6.07) is 19.5. The summed E-state index contributed by atoms with van der Waals surface area (Å²) in [5, 5.41) is 24.3. The van der Waals surface area contributed by atoms with Crippen LogP contribution in [0.15, 0.2) is 66.7 Å². The summed E-state index contributed by atoms with van der Waals surface area (Å²) >= 11 is 1.34. The molecule has 4 aromatic rings. The Morgan fingerprint density at radius 2 is 1.70 bits per heavy atom. The standard InChI is InChI=1S/C27H26N4O5S/c1-30(2)14-13-20(26(33)34)15-24(32)19-5-3-17(4-6-19)18-7-9-21(10-8-18)28-27-29-23-12-11-22(31(35)36)16-25(23)37-27/h3-12,16,20H,13-15H2,1-2H3,(H,28,29)(H,33,34). The fraction of sp³-hybridized carbons (Fsp3) is 0.222. The minimum Gasteiger partial charge on any atom is -0.481 e. The highest BCUT2D eigenvalue weighted by Gasteiger charge is 2.22. The summed E-state index contributed by atoms with van der Waals surface area (Å²) in [5.74, 6) is -1.84. The van der Waals surface area contributed by atoms with E-state index in [4.69, 9.17) is 0 Å². The Hall–Kier alpha value is -4.15. The molecule has 10 heteroatoms. The maximum Gasteiger partial charge on any atom is 0.307 e. The van der Waals surface area contributed by atoms with Crippen molar-refractivity contribution in [1.29, 1.82) is 0 Å². The van der Waals surface area contributed by atoms with E-state index in [2.05, 4.69) is 10.3 Å². The van der Waals surface area contributed by atoms with Gasteiger partial charge in [0.2, 0.25) is 0 Å². The van der Waals surface area contributed by atoms with Crippen molar-refractivity contribution in [3.05, 3.63) is 82.4 Å². The van der Waals surface area contributed by atoms with Crippen LogP contribution in [0.25, 0.3) is 21.3 Å². The lowest BCUT2D eigenvalue weighted by atomic mass is 9.94. The molecule has 0 amide bonds. The second-order valence-corrected chi connectivity index (χ2v) is 9.99. The zero-order chi connectivity index (χ0) is 26.5. The van der Waals surface area contributed by atoms with Gasteiger partial charge in [0.1, 0.15) is 0 Å². The summed E-state index contributed by atoms with van der Waals surface area (Å²) < 4.78 is 0.732. The maximum atomic E-state index is 12.7. The van der Waals surface area contributed by atoms with E-state index in [1.165, 1.54) is 23.5 Å². The second-order valence-electron chi connectivity index (χ2n) is 8.96. The van der Waals surface area contributed by atoms with Gasteiger partial charge in [0.15, 0.2) is 10.9 Å². The van der Waals surface area contributed by atoms with Gasteiger partial charge in [-0.3, -0.25) is 19.7 Å². The van der Waals surface area contributed by atoms with Gasteiger partial charge in [0.25, 0.3) is 5.69 Å². The molecule has 1 atom stereocenters. The minimum absolute atomic E-state index is 0.0258. The van der Waals surface area contributed by atoms with Crippen LogP contribution < -0.4 is 5.32 Å². The minimum atomic E-state index is -0.951. The first-order valence-electron chi connectivity index (χ1n) is 11.6. The molecule has 1 aromatic heterocycles. The number of carbonyl (C=O) groups is 2. The smallest absolute Gasteiger partial charge is 0.307 e. The number of ketones is 1. The number of nitrogens with zero attached hydrogens (tertiary/aromatic N) is 3. The van der Waals surface area contributed by atoms with Crippen molar-refractivity contribution in [3.63, 3.8) is 0 Å². The van der Waals surface area contributed by atoms with Gasteiger partial charge in [-0.05, 0) is 56.4 Å². The summed E-state index contributed by atoms with van der Waals surface area (Å²) in [5.41, 5.74) is 3.93. The van der Waals surface area contributed by atoms with Crippen LogP contribution in [0.3, 0.4) is 0 Å². The normalized spacial score (nSPS) is 12.0. The molecule has 190 valence electrons. The third-order valence-corrected chi connectivity index (χ3v) is 6.90. The summed E-state index contributed by atoms with van der Waals surface area (Å²) in [6.45, 7) is 0.607. The summed E-state index contributed by atoms with van der Waals surface area (Å²) in [7, 11) is 3.75. The number of nitro groups is 1. The maximum absolute atomic E-state index is 12.7. The molecule has 0 saturated heterocycles. The fourth-order valence-electron chi connectivity index (χ4n) is 3.87. The molecule has 2 N–H and O–H groups in total. The molecule has 0 saturated carbocycles. The lowest BCUT2D eigenvalue weighted by molar-refractivity contribution is -0.384. The van der Waals surface area contributed by atoms with Crippen LogP contribution in [-0.4, -0.2) is 52.3 Å². The van der Waals surface area contributed by atoms with Crippen molar-refractivity contribution < 1.29 is 19.6 Å². The third-order valence-electron chi connectivity index (χ3n) is 5.97. The largest absolute Gasteiger partial charge is 0.481 e. The molecule has 9 nitrogen and oxygen atoms in total. The Kier molecular flexibility index (Phi) is 7.90. The first-order valence-corrected chi connectivity index (χ1v) is 12.4. The Bertz CT molecular complexity index is 1430. The third kappa shape index (κ3) is 6.54. The van der Waals surface area contributed by atoms with Gasteiger partial charge < -0.3 is 15.3 Å². The molecule has 0 aliphatic carbocycles. The van der Waals surface area contributed by atoms with Crippen LogP contribution in [0, 0.1) is 16.0 Å². The van der Waals surface area contributed by atoms with Gasteiger partial charge in [-0.15, -0.1) is 0 Å². The SMILES string of the molecule is CN(C)CCC(CC(=O)c1ccc(-c2ccc(Nc3nc4ccc([N+](=O)[O-])cc4s3)cc2)cc1)C(=O)O. The Morgan fingerprint density at radius 3 is 2.30 bits per heavy atom. The first-order chi connectivity index (χ1) is 17.7. The topological polar surface area (TPSA) is 126 Å². The summed E-state index contributed by atoms with van der Waals surface area (Å²) in [6.07, 6.45) is 0.394. The molecule has 37 heavy (non-hydrogen) atoms. The van der Waals surface area contributed by atoms with Crippen molar-refractivity contribution in [1.82, 2.24) is 9.88 Å². The van der Waals surface area contributed by atoms with E-state index in [1.807, 2.05) is 55.4 Å². The summed E-state index contributed by atoms with van der Waals surface area (Å²) in [4.78, 5) is 41.2. The van der Waals surface area contributed by atoms with Crippen LogP contribution in [0.4, 0.5) is 16.5 Å². The quantitative estimate of drug-likeness (QED) is 0.144. The average Bonchev–Trinajstić information content (AvgIpc) is 3.28. The number of nitro benzene ring substituents is 1. The molecular formula is C27H26N4O5S. The lowest BCUT2D eigenvalue weighted by Gasteiger charge is -2.15.